The van der Waals surface area contributed by atoms with Crippen molar-refractivity contribution in [3.05, 3.63) is 24.3 Å². The number of anilines is 1. The minimum Gasteiger partial charge on any atom is -0.406 e. The second kappa shape index (κ2) is 7.75. The topological polar surface area (TPSA) is 59.6 Å². The highest BCUT2D eigenvalue weighted by molar-refractivity contribution is 5.92. The van der Waals surface area contributed by atoms with Crippen LogP contribution < -0.4 is 15.8 Å². The molecule has 4 nitrogen and oxygen atoms in total. The van der Waals surface area contributed by atoms with Crippen LogP contribution in [-0.4, -0.2) is 18.9 Å². The number of nitrogens with one attached hydrogen (secondary N) is 1. The zero-order valence-corrected chi connectivity index (χ0v) is 12.1. The first-order chi connectivity index (χ1) is 9.76. The summed E-state index contributed by atoms with van der Waals surface area (Å²) >= 11 is 0. The van der Waals surface area contributed by atoms with E-state index >= 15 is 0 Å². The van der Waals surface area contributed by atoms with Crippen molar-refractivity contribution in [2.75, 3.05) is 11.9 Å². The van der Waals surface area contributed by atoms with Crippen LogP contribution in [0.25, 0.3) is 0 Å². The number of hydrogen-bond donors (Lipinski definition) is 2. The Morgan fingerprint density at radius 3 is 2.43 bits per heavy atom. The lowest BCUT2D eigenvalue weighted by Crippen LogP contribution is -2.23. The van der Waals surface area contributed by atoms with Crippen LogP contribution in [0.5, 0.6) is 5.75 Å². The third-order valence-electron chi connectivity index (χ3n) is 2.58. The van der Waals surface area contributed by atoms with Gasteiger partial charge in [-0.15, -0.1) is 13.2 Å². The fourth-order valence-electron chi connectivity index (χ4n) is 1.63. The molecule has 0 aliphatic rings. The van der Waals surface area contributed by atoms with E-state index in [1.54, 1.807) is 0 Å². The van der Waals surface area contributed by atoms with E-state index < -0.39 is 6.36 Å². The summed E-state index contributed by atoms with van der Waals surface area (Å²) in [4.78, 5) is 4.15. The van der Waals surface area contributed by atoms with E-state index in [1.807, 2.05) is 0 Å². The molecule has 0 saturated carbocycles. The molecule has 21 heavy (non-hydrogen) atoms. The fourth-order valence-corrected chi connectivity index (χ4v) is 1.63. The van der Waals surface area contributed by atoms with E-state index in [2.05, 4.69) is 28.9 Å². The van der Waals surface area contributed by atoms with Gasteiger partial charge in [-0.25, -0.2) is 0 Å². The number of aliphatic imine (C=N–C) groups is 1. The fraction of sp³-hybridized carbons (Fsp3) is 0.500. The highest BCUT2D eigenvalue weighted by Crippen LogP contribution is 2.23. The number of nitrogens with two attached hydrogens (primary N) is 1. The number of guanidine groups is 1. The van der Waals surface area contributed by atoms with Crippen molar-refractivity contribution in [2.24, 2.45) is 16.6 Å². The molecule has 0 amide bonds. The second-order valence-electron chi connectivity index (χ2n) is 5.00. The first kappa shape index (κ1) is 17.1. The molecule has 0 saturated heterocycles. The van der Waals surface area contributed by atoms with Crippen LogP contribution in [0.3, 0.4) is 0 Å². The lowest BCUT2D eigenvalue weighted by Gasteiger charge is -2.10. The minimum absolute atomic E-state index is 0.239. The first-order valence-electron chi connectivity index (χ1n) is 6.69. The van der Waals surface area contributed by atoms with Gasteiger partial charge in [0, 0.05) is 12.2 Å². The first-order valence-corrected chi connectivity index (χ1v) is 6.69. The van der Waals surface area contributed by atoms with Crippen LogP contribution in [0.1, 0.15) is 26.7 Å². The van der Waals surface area contributed by atoms with Crippen LogP contribution in [0.4, 0.5) is 18.9 Å². The van der Waals surface area contributed by atoms with Crippen molar-refractivity contribution in [3.8, 4) is 5.75 Å². The Bertz CT molecular complexity index is 456. The van der Waals surface area contributed by atoms with Gasteiger partial charge in [-0.3, -0.25) is 4.99 Å². The molecule has 0 heterocycles. The lowest BCUT2D eigenvalue weighted by atomic mass is 10.1. The third kappa shape index (κ3) is 8.06. The van der Waals surface area contributed by atoms with Gasteiger partial charge in [-0.2, -0.15) is 0 Å². The molecule has 1 aromatic rings. The molecule has 0 fully saturated rings. The predicted octanol–water partition coefficient (Wildman–Crippen LogP) is 3.75. The molecule has 118 valence electrons. The van der Waals surface area contributed by atoms with Gasteiger partial charge in [0.25, 0.3) is 0 Å². The van der Waals surface area contributed by atoms with Gasteiger partial charge in [0.05, 0.1) is 0 Å². The van der Waals surface area contributed by atoms with Gasteiger partial charge in [0.2, 0.25) is 0 Å². The number of alkyl halides is 3. The Balaban J connectivity index is 2.46. The van der Waals surface area contributed by atoms with Gasteiger partial charge in [-0.05, 0) is 43.0 Å². The SMILES string of the molecule is CC(C)CCCN=C(N)Nc1ccc(OC(F)(F)F)cc1. The number of halogens is 3. The van der Waals surface area contributed by atoms with Gasteiger partial charge in [-0.1, -0.05) is 13.8 Å². The number of ether oxygens (including phenoxy) is 1. The average Bonchev–Trinajstić information content (AvgIpc) is 2.35. The minimum atomic E-state index is -4.69. The van der Waals surface area contributed by atoms with Crippen LogP contribution >= 0.6 is 0 Å². The van der Waals surface area contributed by atoms with E-state index in [0.717, 1.165) is 12.8 Å². The lowest BCUT2D eigenvalue weighted by molar-refractivity contribution is -0.274. The van der Waals surface area contributed by atoms with Crippen molar-refractivity contribution in [2.45, 2.75) is 33.1 Å². The maximum atomic E-state index is 12.0. The molecule has 0 aliphatic heterocycles. The monoisotopic (exact) mass is 303 g/mol. The van der Waals surface area contributed by atoms with Gasteiger partial charge < -0.3 is 15.8 Å². The molecule has 0 bridgehead atoms. The van der Waals surface area contributed by atoms with Crippen LogP contribution in [-0.2, 0) is 0 Å². The summed E-state index contributed by atoms with van der Waals surface area (Å²) in [6.07, 6.45) is -2.68. The summed E-state index contributed by atoms with van der Waals surface area (Å²) in [5, 5.41) is 2.81. The maximum absolute atomic E-state index is 12.0. The van der Waals surface area contributed by atoms with E-state index in [-0.39, 0.29) is 11.7 Å². The van der Waals surface area contributed by atoms with E-state index in [9.17, 15) is 13.2 Å². The largest absolute Gasteiger partial charge is 0.573 e. The molecular formula is C14H20F3N3O. The number of benzene rings is 1. The molecular weight excluding hydrogens is 283 g/mol. The molecule has 3 N–H and O–H groups in total. The van der Waals surface area contributed by atoms with E-state index in [4.69, 9.17) is 5.73 Å². The molecule has 1 aromatic carbocycles. The standard InChI is InChI=1S/C14H20F3N3O/c1-10(2)4-3-9-19-13(18)20-11-5-7-12(8-6-11)21-14(15,16)17/h5-8,10H,3-4,9H2,1-2H3,(H3,18,19,20). The molecule has 0 atom stereocenters. The molecule has 0 radical (unpaired) electrons. The van der Waals surface area contributed by atoms with Crippen molar-refractivity contribution < 1.29 is 17.9 Å². The molecule has 0 spiro atoms. The van der Waals surface area contributed by atoms with Crippen molar-refractivity contribution in [1.82, 2.24) is 0 Å². The van der Waals surface area contributed by atoms with Crippen molar-refractivity contribution >= 4 is 11.6 Å². The summed E-state index contributed by atoms with van der Waals surface area (Å²) < 4.78 is 39.8. The van der Waals surface area contributed by atoms with Crippen molar-refractivity contribution in [3.63, 3.8) is 0 Å². The number of hydrogen-bond acceptors (Lipinski definition) is 2. The molecule has 0 unspecified atom stereocenters. The number of rotatable bonds is 6. The van der Waals surface area contributed by atoms with Crippen LogP contribution in [0.2, 0.25) is 0 Å². The Hall–Kier alpha value is -1.92. The second-order valence-corrected chi connectivity index (χ2v) is 5.00. The van der Waals surface area contributed by atoms with E-state index in [1.165, 1.54) is 24.3 Å². The third-order valence-corrected chi connectivity index (χ3v) is 2.58. The van der Waals surface area contributed by atoms with E-state index in [0.29, 0.717) is 18.2 Å². The zero-order chi connectivity index (χ0) is 15.9. The Morgan fingerprint density at radius 2 is 1.90 bits per heavy atom. The molecule has 0 aromatic heterocycles. The van der Waals surface area contributed by atoms with Crippen LogP contribution in [0.15, 0.2) is 29.3 Å². The zero-order valence-electron chi connectivity index (χ0n) is 12.1. The van der Waals surface area contributed by atoms with Gasteiger partial charge in [0.15, 0.2) is 5.96 Å². The highest BCUT2D eigenvalue weighted by Gasteiger charge is 2.30. The normalized spacial score (nSPS) is 12.6. The quantitative estimate of drug-likeness (QED) is 0.478. The summed E-state index contributed by atoms with van der Waals surface area (Å²) in [6.45, 7) is 4.89. The average molecular weight is 303 g/mol. The summed E-state index contributed by atoms with van der Waals surface area (Å²) in [6, 6.07) is 5.30. The molecule has 1 rings (SSSR count). The Labute approximate surface area is 122 Å². The Morgan fingerprint density at radius 1 is 1.29 bits per heavy atom. The summed E-state index contributed by atoms with van der Waals surface area (Å²) in [5.74, 6) is 0.583. The molecule has 0 aliphatic carbocycles. The molecule has 7 heteroatoms. The van der Waals surface area contributed by atoms with Crippen molar-refractivity contribution in [1.29, 1.82) is 0 Å². The summed E-state index contributed by atoms with van der Waals surface area (Å²) in [5.41, 5.74) is 6.24. The van der Waals surface area contributed by atoms with Gasteiger partial charge >= 0.3 is 6.36 Å². The maximum Gasteiger partial charge on any atom is 0.573 e. The summed E-state index contributed by atoms with van der Waals surface area (Å²) in [7, 11) is 0. The predicted molar refractivity (Wildman–Crippen MR) is 77.3 cm³/mol. The van der Waals surface area contributed by atoms with Gasteiger partial charge in [0.1, 0.15) is 5.75 Å². The Kier molecular flexibility index (Phi) is 6.33. The highest BCUT2D eigenvalue weighted by atomic mass is 19.4. The smallest absolute Gasteiger partial charge is 0.406 e. The van der Waals surface area contributed by atoms with Crippen LogP contribution in [0, 0.1) is 5.92 Å². The number of nitrogens with zero attached hydrogens (tertiary/aromatic N) is 1.